The van der Waals surface area contributed by atoms with Crippen LogP contribution in [0, 0.1) is 0 Å². The van der Waals surface area contributed by atoms with Gasteiger partial charge in [0.05, 0.1) is 17.7 Å². The summed E-state index contributed by atoms with van der Waals surface area (Å²) in [6, 6.07) is 7.78. The van der Waals surface area contributed by atoms with Crippen molar-refractivity contribution in [3.63, 3.8) is 0 Å². The number of rotatable bonds is 2. The predicted molar refractivity (Wildman–Crippen MR) is 79.4 cm³/mol. The van der Waals surface area contributed by atoms with E-state index < -0.39 is 18.3 Å². The number of carbonyl (C=O) groups is 1. The van der Waals surface area contributed by atoms with Crippen LogP contribution in [0.25, 0.3) is 0 Å². The zero-order valence-electron chi connectivity index (χ0n) is 12.8. The molecule has 0 aromatic heterocycles. The molecule has 1 aromatic carbocycles. The van der Waals surface area contributed by atoms with E-state index in [0.29, 0.717) is 6.54 Å². The lowest BCUT2D eigenvalue weighted by Crippen LogP contribution is -2.41. The van der Waals surface area contributed by atoms with Crippen molar-refractivity contribution in [2.75, 3.05) is 6.54 Å². The second kappa shape index (κ2) is 4.75. The van der Waals surface area contributed by atoms with Crippen LogP contribution >= 0.6 is 0 Å². The van der Waals surface area contributed by atoms with E-state index in [1.807, 2.05) is 52.0 Å². The molecular weight excluding hydrogens is 269 g/mol. The lowest BCUT2D eigenvalue weighted by molar-refractivity contribution is 0.00578. The average Bonchev–Trinajstić information content (AvgIpc) is 2.92. The van der Waals surface area contributed by atoms with Crippen LogP contribution in [0.2, 0.25) is 0 Å². The van der Waals surface area contributed by atoms with E-state index in [9.17, 15) is 4.79 Å². The maximum atomic E-state index is 11.3. The molecule has 2 fully saturated rings. The van der Waals surface area contributed by atoms with E-state index >= 15 is 0 Å². The van der Waals surface area contributed by atoms with Crippen LogP contribution < -0.4 is 10.8 Å². The monoisotopic (exact) mass is 289 g/mol. The van der Waals surface area contributed by atoms with Crippen LogP contribution in [0.15, 0.2) is 24.3 Å². The van der Waals surface area contributed by atoms with Gasteiger partial charge in [0, 0.05) is 0 Å². The Morgan fingerprint density at radius 2 is 1.76 bits per heavy atom. The molecule has 0 saturated carbocycles. The fourth-order valence-electron chi connectivity index (χ4n) is 2.55. The van der Waals surface area contributed by atoms with E-state index in [1.54, 1.807) is 0 Å². The van der Waals surface area contributed by atoms with Crippen LogP contribution in [0.1, 0.15) is 39.4 Å². The summed E-state index contributed by atoms with van der Waals surface area (Å²) in [7, 11) is -0.453. The van der Waals surface area contributed by atoms with Crippen LogP contribution in [-0.2, 0) is 14.0 Å². The summed E-state index contributed by atoms with van der Waals surface area (Å²) in [6.07, 6.45) is -0.684. The highest BCUT2D eigenvalue weighted by Gasteiger charge is 2.52. The Labute approximate surface area is 125 Å². The molecule has 0 spiro atoms. The lowest BCUT2D eigenvalue weighted by Gasteiger charge is -2.32. The van der Waals surface area contributed by atoms with Gasteiger partial charge in [-0.05, 0) is 38.7 Å². The number of amides is 1. The molecule has 2 aliphatic heterocycles. The quantitative estimate of drug-likeness (QED) is 0.843. The van der Waals surface area contributed by atoms with E-state index in [0.717, 1.165) is 11.0 Å². The highest BCUT2D eigenvalue weighted by molar-refractivity contribution is 6.62. The fourth-order valence-corrected chi connectivity index (χ4v) is 2.55. The molecule has 1 N–H and O–H groups in total. The number of nitrogens with one attached hydrogen (secondary N) is 1. The smallest absolute Gasteiger partial charge is 0.439 e. The number of carbonyl (C=O) groups excluding carboxylic acids is 1. The molecule has 0 aliphatic carbocycles. The van der Waals surface area contributed by atoms with Gasteiger partial charge in [-0.15, -0.1) is 0 Å². The molecule has 0 bridgehead atoms. The SMILES string of the molecule is CC1(C)OB(c2ccccc2[C@H]2CNC(=O)O2)OC1(C)C. The van der Waals surface area contributed by atoms with Gasteiger partial charge in [0.1, 0.15) is 6.10 Å². The summed E-state index contributed by atoms with van der Waals surface area (Å²) in [5.74, 6) is 0. The van der Waals surface area contributed by atoms with Gasteiger partial charge in [-0.25, -0.2) is 4.79 Å². The average molecular weight is 289 g/mol. The Morgan fingerprint density at radius 1 is 1.14 bits per heavy atom. The van der Waals surface area contributed by atoms with E-state index in [-0.39, 0.29) is 12.2 Å². The van der Waals surface area contributed by atoms with Gasteiger partial charge in [-0.3, -0.25) is 0 Å². The van der Waals surface area contributed by atoms with Crippen LogP contribution in [0.5, 0.6) is 0 Å². The minimum atomic E-state index is -0.453. The minimum absolute atomic E-state index is 0.298. The van der Waals surface area contributed by atoms with Gasteiger partial charge in [0.2, 0.25) is 0 Å². The zero-order valence-corrected chi connectivity index (χ0v) is 12.8. The maximum absolute atomic E-state index is 11.3. The Balaban J connectivity index is 1.92. The topological polar surface area (TPSA) is 56.8 Å². The predicted octanol–water partition coefficient (Wildman–Crippen LogP) is 1.77. The van der Waals surface area contributed by atoms with Gasteiger partial charge in [0.15, 0.2) is 0 Å². The first-order chi connectivity index (χ1) is 9.80. The summed E-state index contributed by atoms with van der Waals surface area (Å²) >= 11 is 0. The largest absolute Gasteiger partial charge is 0.495 e. The van der Waals surface area contributed by atoms with Gasteiger partial charge < -0.3 is 19.4 Å². The highest BCUT2D eigenvalue weighted by Crippen LogP contribution is 2.37. The van der Waals surface area contributed by atoms with Crippen LogP contribution in [0.4, 0.5) is 4.79 Å². The Kier molecular flexibility index (Phi) is 3.26. The number of cyclic esters (lactones) is 1. The van der Waals surface area contributed by atoms with Gasteiger partial charge >= 0.3 is 13.2 Å². The third-order valence-corrected chi connectivity index (χ3v) is 4.53. The van der Waals surface area contributed by atoms with Crippen molar-refractivity contribution in [2.24, 2.45) is 0 Å². The standard InChI is InChI=1S/C15H20BNO4/c1-14(2)15(3,4)21-16(20-14)11-8-6-5-7-10(11)12-9-17-13(18)19-12/h5-8,12H,9H2,1-4H3,(H,17,18)/t12-/m1/s1. The number of alkyl carbamates (subject to hydrolysis) is 1. The molecule has 2 aliphatic rings. The van der Waals surface area contributed by atoms with Crippen molar-refractivity contribution in [1.29, 1.82) is 0 Å². The highest BCUT2D eigenvalue weighted by atomic mass is 16.7. The molecule has 5 nitrogen and oxygen atoms in total. The van der Waals surface area contributed by atoms with Crippen LogP contribution in [0.3, 0.4) is 0 Å². The molecule has 0 radical (unpaired) electrons. The fraction of sp³-hybridized carbons (Fsp3) is 0.533. The van der Waals surface area contributed by atoms with E-state index in [2.05, 4.69) is 5.32 Å². The third kappa shape index (κ3) is 2.42. The van der Waals surface area contributed by atoms with Crippen molar-refractivity contribution in [3.8, 4) is 0 Å². The van der Waals surface area contributed by atoms with Gasteiger partial charge in [-0.2, -0.15) is 0 Å². The normalized spacial score (nSPS) is 26.6. The number of benzene rings is 1. The lowest BCUT2D eigenvalue weighted by atomic mass is 9.75. The molecule has 1 amide bonds. The minimum Gasteiger partial charge on any atom is -0.439 e. The Bertz CT molecular complexity index is 557. The molecule has 2 saturated heterocycles. The second-order valence-electron chi connectivity index (χ2n) is 6.49. The molecule has 1 aromatic rings. The summed E-state index contributed by atoms with van der Waals surface area (Å²) in [6.45, 7) is 8.55. The number of hydrogen-bond donors (Lipinski definition) is 1. The Morgan fingerprint density at radius 3 is 2.33 bits per heavy atom. The first-order valence-electron chi connectivity index (χ1n) is 7.19. The summed E-state index contributed by atoms with van der Waals surface area (Å²) in [4.78, 5) is 11.3. The number of hydrogen-bond acceptors (Lipinski definition) is 4. The van der Waals surface area contributed by atoms with Crippen molar-refractivity contribution in [2.45, 2.75) is 45.0 Å². The summed E-state index contributed by atoms with van der Waals surface area (Å²) in [5.41, 5.74) is 1.05. The maximum Gasteiger partial charge on any atom is 0.495 e. The Hall–Kier alpha value is -1.53. The van der Waals surface area contributed by atoms with Crippen molar-refractivity contribution >= 4 is 18.7 Å². The first-order valence-corrected chi connectivity index (χ1v) is 7.19. The first kappa shape index (κ1) is 14.4. The van der Waals surface area contributed by atoms with E-state index in [4.69, 9.17) is 14.0 Å². The molecular formula is C15H20BNO4. The van der Waals surface area contributed by atoms with Crippen molar-refractivity contribution in [1.82, 2.24) is 5.32 Å². The second-order valence-corrected chi connectivity index (χ2v) is 6.49. The van der Waals surface area contributed by atoms with Gasteiger partial charge in [0.25, 0.3) is 0 Å². The molecule has 0 unspecified atom stereocenters. The molecule has 21 heavy (non-hydrogen) atoms. The molecule has 6 heteroatoms. The van der Waals surface area contributed by atoms with Crippen molar-refractivity contribution in [3.05, 3.63) is 29.8 Å². The summed E-state index contributed by atoms with van der Waals surface area (Å²) in [5, 5.41) is 2.68. The molecule has 1 atom stereocenters. The molecule has 3 rings (SSSR count). The molecule has 2 heterocycles. The molecule has 112 valence electrons. The summed E-state index contributed by atoms with van der Waals surface area (Å²) < 4.78 is 17.5. The third-order valence-electron chi connectivity index (χ3n) is 4.53. The van der Waals surface area contributed by atoms with Gasteiger partial charge in [-0.1, -0.05) is 24.3 Å². The number of ether oxygens (including phenoxy) is 1. The zero-order chi connectivity index (χ0) is 15.3. The van der Waals surface area contributed by atoms with E-state index in [1.165, 1.54) is 0 Å². The van der Waals surface area contributed by atoms with Crippen molar-refractivity contribution < 1.29 is 18.8 Å². The van der Waals surface area contributed by atoms with Crippen LogP contribution in [-0.4, -0.2) is 31.0 Å².